The standard InChI is InChI=1S/C16H23N5O5/c17-15(18)19-8-4-7-12(14(23)24)21-13(22)9-20-16(25)26-10-11-5-2-1-3-6-11/h1-3,5-6,12H,4,7-10H2,(H,20,25)(H,21,22)(H,23,24)(H4,17,18,19)/t12-/m0/s1. The van der Waals surface area contributed by atoms with E-state index in [4.69, 9.17) is 21.0 Å². The van der Waals surface area contributed by atoms with Gasteiger partial charge < -0.3 is 31.5 Å². The lowest BCUT2D eigenvalue weighted by Gasteiger charge is -2.15. The zero-order valence-corrected chi connectivity index (χ0v) is 14.2. The van der Waals surface area contributed by atoms with Crippen LogP contribution in [0.5, 0.6) is 0 Å². The Morgan fingerprint density at radius 3 is 2.50 bits per heavy atom. The molecule has 26 heavy (non-hydrogen) atoms. The third-order valence-corrected chi connectivity index (χ3v) is 3.22. The molecule has 7 N–H and O–H groups in total. The molecule has 10 heteroatoms. The summed E-state index contributed by atoms with van der Waals surface area (Å²) in [6.07, 6.45) is -0.232. The summed E-state index contributed by atoms with van der Waals surface area (Å²) in [5, 5.41) is 23.2. The van der Waals surface area contributed by atoms with Gasteiger partial charge in [0.15, 0.2) is 5.96 Å². The first-order valence-corrected chi connectivity index (χ1v) is 7.93. The second kappa shape index (κ2) is 11.3. The summed E-state index contributed by atoms with van der Waals surface area (Å²) in [5.41, 5.74) is 5.92. The van der Waals surface area contributed by atoms with E-state index in [0.29, 0.717) is 13.0 Å². The molecule has 0 aromatic heterocycles. The number of guanidine groups is 1. The summed E-state index contributed by atoms with van der Waals surface area (Å²) in [4.78, 5) is 34.5. The first-order valence-electron chi connectivity index (χ1n) is 7.93. The van der Waals surface area contributed by atoms with Gasteiger partial charge in [-0.15, -0.1) is 0 Å². The topological polar surface area (TPSA) is 167 Å². The number of benzene rings is 1. The zero-order valence-electron chi connectivity index (χ0n) is 14.2. The highest BCUT2D eigenvalue weighted by Crippen LogP contribution is 2.00. The van der Waals surface area contributed by atoms with Crippen LogP contribution in [0.3, 0.4) is 0 Å². The van der Waals surface area contributed by atoms with Crippen LogP contribution in [0, 0.1) is 5.41 Å². The number of carboxylic acid groups (broad SMARTS) is 1. The maximum atomic E-state index is 11.8. The number of rotatable bonds is 10. The molecule has 0 fully saturated rings. The SMILES string of the molecule is N=C(N)NCCC[C@H](NC(=O)CNC(=O)OCc1ccccc1)C(=O)O. The molecular weight excluding hydrogens is 342 g/mol. The average Bonchev–Trinajstić information content (AvgIpc) is 2.61. The summed E-state index contributed by atoms with van der Waals surface area (Å²) in [7, 11) is 0. The fourth-order valence-corrected chi connectivity index (χ4v) is 1.96. The first-order chi connectivity index (χ1) is 12.4. The molecule has 0 aliphatic carbocycles. The van der Waals surface area contributed by atoms with Crippen molar-refractivity contribution in [2.24, 2.45) is 5.73 Å². The summed E-state index contributed by atoms with van der Waals surface area (Å²) in [5.74, 6) is -2.04. The summed E-state index contributed by atoms with van der Waals surface area (Å²) >= 11 is 0. The fraction of sp³-hybridized carbons (Fsp3) is 0.375. The number of nitrogens with one attached hydrogen (secondary N) is 4. The predicted molar refractivity (Wildman–Crippen MR) is 93.3 cm³/mol. The molecular formula is C16H23N5O5. The normalized spacial score (nSPS) is 11.1. The number of nitrogens with two attached hydrogens (primary N) is 1. The Morgan fingerprint density at radius 1 is 1.19 bits per heavy atom. The molecule has 0 aliphatic rings. The van der Waals surface area contributed by atoms with Gasteiger partial charge in [-0.2, -0.15) is 0 Å². The molecule has 2 amide bonds. The van der Waals surface area contributed by atoms with Crippen LogP contribution in [0.15, 0.2) is 30.3 Å². The van der Waals surface area contributed by atoms with Crippen molar-refractivity contribution in [3.63, 3.8) is 0 Å². The minimum Gasteiger partial charge on any atom is -0.480 e. The highest BCUT2D eigenvalue weighted by atomic mass is 16.5. The van der Waals surface area contributed by atoms with Crippen molar-refractivity contribution in [3.8, 4) is 0 Å². The van der Waals surface area contributed by atoms with Crippen molar-refractivity contribution in [3.05, 3.63) is 35.9 Å². The van der Waals surface area contributed by atoms with Gasteiger partial charge >= 0.3 is 12.1 Å². The van der Waals surface area contributed by atoms with E-state index in [0.717, 1.165) is 5.56 Å². The summed E-state index contributed by atoms with van der Waals surface area (Å²) in [6, 6.07) is 7.93. The summed E-state index contributed by atoms with van der Waals surface area (Å²) in [6.45, 7) is -0.0165. The second-order valence-corrected chi connectivity index (χ2v) is 5.36. The maximum absolute atomic E-state index is 11.8. The quantitative estimate of drug-likeness (QED) is 0.189. The molecule has 1 rings (SSSR count). The lowest BCUT2D eigenvalue weighted by atomic mass is 10.1. The van der Waals surface area contributed by atoms with Crippen LogP contribution in [0.4, 0.5) is 4.79 Å². The molecule has 0 unspecified atom stereocenters. The van der Waals surface area contributed by atoms with Crippen LogP contribution in [-0.2, 0) is 20.9 Å². The number of carbonyl (C=O) groups is 3. The smallest absolute Gasteiger partial charge is 0.407 e. The Balaban J connectivity index is 2.27. The number of hydrogen-bond acceptors (Lipinski definition) is 5. The molecule has 10 nitrogen and oxygen atoms in total. The highest BCUT2D eigenvalue weighted by molar-refractivity contribution is 5.86. The van der Waals surface area contributed by atoms with Gasteiger partial charge in [0.05, 0.1) is 0 Å². The molecule has 0 saturated heterocycles. The van der Waals surface area contributed by atoms with Crippen LogP contribution in [0.25, 0.3) is 0 Å². The van der Waals surface area contributed by atoms with Gasteiger partial charge in [0, 0.05) is 6.54 Å². The largest absolute Gasteiger partial charge is 0.480 e. The number of hydrogen-bond donors (Lipinski definition) is 6. The van der Waals surface area contributed by atoms with Crippen LogP contribution in [-0.4, -0.2) is 48.2 Å². The lowest BCUT2D eigenvalue weighted by molar-refractivity contribution is -0.141. The molecule has 0 bridgehead atoms. The van der Waals surface area contributed by atoms with Gasteiger partial charge in [0.2, 0.25) is 5.91 Å². The van der Waals surface area contributed by atoms with Crippen LogP contribution in [0.2, 0.25) is 0 Å². The van der Waals surface area contributed by atoms with Gasteiger partial charge in [-0.05, 0) is 18.4 Å². The Kier molecular flexibility index (Phi) is 9.01. The lowest BCUT2D eigenvalue weighted by Crippen LogP contribution is -2.46. The number of aliphatic carboxylic acids is 1. The Labute approximate surface area is 150 Å². The number of ether oxygens (including phenoxy) is 1. The number of alkyl carbamates (subject to hydrolysis) is 1. The van der Waals surface area contributed by atoms with E-state index in [9.17, 15) is 14.4 Å². The minimum absolute atomic E-state index is 0.0647. The van der Waals surface area contributed by atoms with E-state index < -0.39 is 30.6 Å². The van der Waals surface area contributed by atoms with Crippen molar-refractivity contribution < 1.29 is 24.2 Å². The Morgan fingerprint density at radius 2 is 1.88 bits per heavy atom. The van der Waals surface area contributed by atoms with E-state index in [1.165, 1.54) is 0 Å². The van der Waals surface area contributed by atoms with E-state index in [1.54, 1.807) is 12.1 Å². The van der Waals surface area contributed by atoms with Gasteiger partial charge in [-0.1, -0.05) is 30.3 Å². The minimum atomic E-state index is -1.19. The third kappa shape index (κ3) is 9.11. The second-order valence-electron chi connectivity index (χ2n) is 5.36. The van der Waals surface area contributed by atoms with E-state index in [2.05, 4.69) is 16.0 Å². The number of amides is 2. The van der Waals surface area contributed by atoms with Gasteiger partial charge in [0.1, 0.15) is 19.2 Å². The van der Waals surface area contributed by atoms with Crippen LogP contribution < -0.4 is 21.7 Å². The molecule has 0 aliphatic heterocycles. The molecule has 1 aromatic carbocycles. The van der Waals surface area contributed by atoms with E-state index in [-0.39, 0.29) is 19.0 Å². The zero-order chi connectivity index (χ0) is 19.4. The summed E-state index contributed by atoms with van der Waals surface area (Å²) < 4.78 is 4.95. The molecule has 0 heterocycles. The number of carboxylic acids is 1. The molecule has 0 spiro atoms. The molecule has 1 atom stereocenters. The van der Waals surface area contributed by atoms with Crippen molar-refractivity contribution in [1.29, 1.82) is 5.41 Å². The van der Waals surface area contributed by atoms with Crippen molar-refractivity contribution >= 4 is 23.9 Å². The van der Waals surface area contributed by atoms with Gasteiger partial charge in [-0.25, -0.2) is 9.59 Å². The van der Waals surface area contributed by atoms with Crippen LogP contribution in [0.1, 0.15) is 18.4 Å². The number of carbonyl (C=O) groups excluding carboxylic acids is 2. The third-order valence-electron chi connectivity index (χ3n) is 3.22. The highest BCUT2D eigenvalue weighted by Gasteiger charge is 2.19. The molecule has 1 aromatic rings. The molecule has 142 valence electrons. The van der Waals surface area contributed by atoms with Crippen LogP contribution >= 0.6 is 0 Å². The van der Waals surface area contributed by atoms with E-state index >= 15 is 0 Å². The maximum Gasteiger partial charge on any atom is 0.407 e. The van der Waals surface area contributed by atoms with Gasteiger partial charge in [0.25, 0.3) is 0 Å². The average molecular weight is 365 g/mol. The fourth-order valence-electron chi connectivity index (χ4n) is 1.96. The molecule has 0 saturated carbocycles. The van der Waals surface area contributed by atoms with E-state index in [1.807, 2.05) is 18.2 Å². The molecule has 0 radical (unpaired) electrons. The van der Waals surface area contributed by atoms with Gasteiger partial charge in [-0.3, -0.25) is 10.2 Å². The van der Waals surface area contributed by atoms with Crippen molar-refractivity contribution in [2.75, 3.05) is 13.1 Å². The predicted octanol–water partition coefficient (Wildman–Crippen LogP) is -0.255. The van der Waals surface area contributed by atoms with Crippen molar-refractivity contribution in [2.45, 2.75) is 25.5 Å². The van der Waals surface area contributed by atoms with Crippen molar-refractivity contribution in [1.82, 2.24) is 16.0 Å². The Hall–Kier alpha value is -3.30. The monoisotopic (exact) mass is 365 g/mol. The Bertz CT molecular complexity index is 623. The first kappa shape index (κ1) is 20.7.